The third-order valence-corrected chi connectivity index (χ3v) is 10.3. The topological polar surface area (TPSA) is 40.1 Å². The lowest BCUT2D eigenvalue weighted by Gasteiger charge is -2.42. The van der Waals surface area contributed by atoms with E-state index in [0.717, 1.165) is 11.1 Å². The molecule has 0 saturated heterocycles. The van der Waals surface area contributed by atoms with E-state index in [1.807, 2.05) is 35.3 Å². The molecular formula is C32H44O2S2. The lowest BCUT2D eigenvalue weighted by Crippen LogP contribution is -2.52. The summed E-state index contributed by atoms with van der Waals surface area (Å²) in [5.74, 6) is -0.653. The summed E-state index contributed by atoms with van der Waals surface area (Å²) in [6.45, 7) is 26.5. The van der Waals surface area contributed by atoms with Gasteiger partial charge in [-0.15, -0.1) is 0 Å². The molecule has 1 aliphatic heterocycles. The highest BCUT2D eigenvalue weighted by Crippen LogP contribution is 2.49. The molecular weight excluding hydrogens is 480 g/mol. The maximum absolute atomic E-state index is 13.3. The summed E-state index contributed by atoms with van der Waals surface area (Å²) in [7, 11) is 0. The van der Waals surface area contributed by atoms with E-state index in [2.05, 4.69) is 107 Å². The van der Waals surface area contributed by atoms with Gasteiger partial charge in [0.1, 0.15) is 0 Å². The van der Waals surface area contributed by atoms with Crippen LogP contribution in [0.5, 0.6) is 0 Å². The SMILES string of the molecule is CC(C)(C)C1=CC(=CC2C(=O)C(=Cc3cc(C(C)(C)C)[s+]c(C(C)(C)C)c3)C2[O-])C=C(C(C)(C)C)S1. The van der Waals surface area contributed by atoms with Gasteiger partial charge in [-0.1, -0.05) is 107 Å². The van der Waals surface area contributed by atoms with Crippen LogP contribution < -0.4 is 5.11 Å². The Balaban J connectivity index is 1.98. The van der Waals surface area contributed by atoms with Crippen molar-refractivity contribution in [1.82, 2.24) is 0 Å². The quantitative estimate of drug-likeness (QED) is 0.288. The maximum atomic E-state index is 13.3. The van der Waals surface area contributed by atoms with E-state index in [1.54, 1.807) is 0 Å². The smallest absolute Gasteiger partial charge is 0.219 e. The molecule has 2 atom stereocenters. The summed E-state index contributed by atoms with van der Waals surface area (Å²) in [5.41, 5.74) is 2.34. The number of allylic oxidation sites excluding steroid dienone is 5. The molecule has 0 spiro atoms. The fourth-order valence-corrected chi connectivity index (χ4v) is 6.45. The van der Waals surface area contributed by atoms with E-state index in [0.29, 0.717) is 5.57 Å². The molecule has 1 saturated carbocycles. The van der Waals surface area contributed by atoms with E-state index in [-0.39, 0.29) is 27.4 Å². The van der Waals surface area contributed by atoms with Crippen molar-refractivity contribution in [3.63, 3.8) is 0 Å². The van der Waals surface area contributed by atoms with Crippen molar-refractivity contribution in [2.45, 2.75) is 100 Å². The number of carbonyl (C=O) groups is 1. The minimum atomic E-state index is -1.03. The molecule has 0 aromatic carbocycles. The van der Waals surface area contributed by atoms with Crippen molar-refractivity contribution in [3.05, 3.63) is 66.6 Å². The van der Waals surface area contributed by atoms with Crippen LogP contribution in [-0.4, -0.2) is 11.9 Å². The molecule has 1 fully saturated rings. The third kappa shape index (κ3) is 6.49. The Kier molecular flexibility index (Phi) is 7.81. The van der Waals surface area contributed by atoms with Gasteiger partial charge in [-0.2, -0.15) is 0 Å². The second-order valence-corrected chi connectivity index (χ2v) is 16.5. The molecule has 2 heterocycles. The molecule has 1 aliphatic carbocycles. The van der Waals surface area contributed by atoms with E-state index in [1.165, 1.54) is 19.6 Å². The molecule has 0 N–H and O–H groups in total. The van der Waals surface area contributed by atoms with Gasteiger partial charge < -0.3 is 5.11 Å². The van der Waals surface area contributed by atoms with E-state index < -0.39 is 12.0 Å². The fraction of sp³-hybridized carbons (Fsp3) is 0.562. The molecule has 3 rings (SSSR count). The van der Waals surface area contributed by atoms with Crippen molar-refractivity contribution >= 4 is 35.0 Å². The van der Waals surface area contributed by atoms with Crippen LogP contribution >= 0.6 is 23.1 Å². The van der Waals surface area contributed by atoms with Gasteiger partial charge in [-0.05, 0) is 55.6 Å². The van der Waals surface area contributed by atoms with Crippen molar-refractivity contribution in [3.8, 4) is 0 Å². The van der Waals surface area contributed by atoms with E-state index in [4.69, 9.17) is 0 Å². The van der Waals surface area contributed by atoms with Crippen LogP contribution in [0.1, 0.15) is 98.4 Å². The van der Waals surface area contributed by atoms with Crippen molar-refractivity contribution in [2.75, 3.05) is 0 Å². The number of Topliss-reactive ketones (excluding diaryl/α,β-unsaturated/α-hetero) is 1. The number of ketones is 1. The fourth-order valence-electron chi connectivity index (χ4n) is 3.97. The first-order valence-electron chi connectivity index (χ1n) is 12.9. The van der Waals surface area contributed by atoms with Crippen LogP contribution in [0, 0.1) is 16.7 Å². The Morgan fingerprint density at radius 2 is 1.22 bits per heavy atom. The Hall–Kier alpha value is -1.49. The molecule has 0 radical (unpaired) electrons. The largest absolute Gasteiger partial charge is 0.848 e. The van der Waals surface area contributed by atoms with Crippen molar-refractivity contribution in [1.29, 1.82) is 0 Å². The van der Waals surface area contributed by atoms with Gasteiger partial charge in [0.05, 0.1) is 0 Å². The van der Waals surface area contributed by atoms with Crippen LogP contribution in [0.3, 0.4) is 0 Å². The molecule has 36 heavy (non-hydrogen) atoms. The molecule has 0 amide bonds. The number of thioether (sulfide) groups is 1. The van der Waals surface area contributed by atoms with Crippen molar-refractivity contribution in [2.24, 2.45) is 16.7 Å². The Morgan fingerprint density at radius 3 is 1.58 bits per heavy atom. The number of hydrogen-bond donors (Lipinski definition) is 0. The number of hydrogen-bond acceptors (Lipinski definition) is 3. The molecule has 196 valence electrons. The van der Waals surface area contributed by atoms with Gasteiger partial charge in [0.2, 0.25) is 21.1 Å². The Labute approximate surface area is 227 Å². The van der Waals surface area contributed by atoms with Crippen LogP contribution in [0.2, 0.25) is 0 Å². The normalized spacial score (nSPS) is 22.9. The number of carbonyl (C=O) groups excluding carboxylic acids is 1. The van der Waals surface area contributed by atoms with Gasteiger partial charge in [0.15, 0.2) is 5.78 Å². The summed E-state index contributed by atoms with van der Waals surface area (Å²) < 4.78 is 0. The zero-order chi connectivity index (χ0) is 27.4. The molecule has 0 bridgehead atoms. The summed E-state index contributed by atoms with van der Waals surface area (Å²) in [6.07, 6.45) is 7.03. The molecule has 2 unspecified atom stereocenters. The third-order valence-electron chi connectivity index (χ3n) is 6.50. The van der Waals surface area contributed by atoms with Gasteiger partial charge in [-0.3, -0.25) is 4.79 Å². The van der Waals surface area contributed by atoms with Gasteiger partial charge in [0.25, 0.3) is 0 Å². The molecule has 1 aromatic heterocycles. The lowest BCUT2D eigenvalue weighted by atomic mass is 9.73. The molecule has 2 aliphatic rings. The van der Waals surface area contributed by atoms with Gasteiger partial charge in [-0.25, -0.2) is 0 Å². The van der Waals surface area contributed by atoms with E-state index in [9.17, 15) is 9.90 Å². The summed E-state index contributed by atoms with van der Waals surface area (Å²) in [6, 6.07) is 4.29. The summed E-state index contributed by atoms with van der Waals surface area (Å²) in [4.78, 5) is 18.3. The zero-order valence-electron chi connectivity index (χ0n) is 24.3. The van der Waals surface area contributed by atoms with Gasteiger partial charge in [0, 0.05) is 28.9 Å². The molecule has 2 nitrogen and oxygen atoms in total. The van der Waals surface area contributed by atoms with E-state index >= 15 is 0 Å². The van der Waals surface area contributed by atoms with Crippen molar-refractivity contribution < 1.29 is 9.90 Å². The Bertz CT molecular complexity index is 1100. The predicted octanol–water partition coefficient (Wildman–Crippen LogP) is 8.47. The highest BCUT2D eigenvalue weighted by atomic mass is 32.2. The Morgan fingerprint density at radius 1 is 0.778 bits per heavy atom. The van der Waals surface area contributed by atoms with Crippen LogP contribution in [-0.2, 0) is 15.6 Å². The standard InChI is InChI=1S/C32H44O2S2/c1-29(2,3)23-15-19(16-24(35-23)30(4,5)6)13-21-27(33)22(28(21)34)14-20-17-25(31(7,8)9)36-26(18-20)32(10,11)12/h13-18,21,27H,1-12H3. The first-order chi connectivity index (χ1) is 16.2. The lowest BCUT2D eigenvalue weighted by molar-refractivity contribution is -0.419. The zero-order valence-corrected chi connectivity index (χ0v) is 25.9. The average molecular weight is 525 g/mol. The highest BCUT2D eigenvalue weighted by Gasteiger charge is 2.38. The second-order valence-electron chi connectivity index (χ2n) is 14.3. The minimum Gasteiger partial charge on any atom is -0.848 e. The monoisotopic (exact) mass is 524 g/mol. The van der Waals surface area contributed by atoms with Crippen LogP contribution in [0.4, 0.5) is 0 Å². The first kappa shape index (κ1) is 29.1. The molecule has 1 aromatic rings. The summed E-state index contributed by atoms with van der Waals surface area (Å²) in [5, 5.41) is 13.3. The maximum Gasteiger partial charge on any atom is 0.219 e. The minimum absolute atomic E-state index is 0.000186. The first-order valence-corrected chi connectivity index (χ1v) is 14.6. The molecule has 4 heteroatoms. The summed E-state index contributed by atoms with van der Waals surface area (Å²) >= 11 is 3.64. The average Bonchev–Trinajstić information content (AvgIpc) is 2.72. The second kappa shape index (κ2) is 9.67. The predicted molar refractivity (Wildman–Crippen MR) is 157 cm³/mol. The van der Waals surface area contributed by atoms with Crippen LogP contribution in [0.25, 0.3) is 6.08 Å². The highest BCUT2D eigenvalue weighted by molar-refractivity contribution is 8.06. The van der Waals surface area contributed by atoms with Crippen LogP contribution in [0.15, 0.2) is 51.3 Å². The van der Waals surface area contributed by atoms with Gasteiger partial charge >= 0.3 is 0 Å². The number of rotatable bonds is 2.